The van der Waals surface area contributed by atoms with Crippen LogP contribution in [0.2, 0.25) is 0 Å². The molecule has 0 radical (unpaired) electrons. The van der Waals surface area contributed by atoms with E-state index in [1.807, 2.05) is 49.3 Å². The molecule has 1 heterocycles. The normalized spacial score (nSPS) is 12.7. The van der Waals surface area contributed by atoms with Gasteiger partial charge in [-0.3, -0.25) is 4.99 Å². The number of aliphatic imine (C=N–C) groups is 1. The Balaban J connectivity index is 2.43. The van der Waals surface area contributed by atoms with Crippen molar-refractivity contribution in [2.75, 3.05) is 26.0 Å². The molecule has 1 aromatic heterocycles. The first-order valence-electron chi connectivity index (χ1n) is 8.10. The van der Waals surface area contributed by atoms with Gasteiger partial charge in [0.25, 0.3) is 0 Å². The van der Waals surface area contributed by atoms with Crippen molar-refractivity contribution in [2.24, 2.45) is 4.99 Å². The zero-order valence-corrected chi connectivity index (χ0v) is 15.2. The first-order valence-corrected chi connectivity index (χ1v) is 8.10. The smallest absolute Gasteiger partial charge is 0.409 e. The summed E-state index contributed by atoms with van der Waals surface area (Å²) < 4.78 is 42.7. The third kappa shape index (κ3) is 5.99. The number of hydrogen-bond donors (Lipinski definition) is 0. The Morgan fingerprint density at radius 2 is 1.81 bits per heavy atom. The molecular weight excluding hydrogens is 355 g/mol. The Morgan fingerprint density at radius 1 is 1.11 bits per heavy atom. The summed E-state index contributed by atoms with van der Waals surface area (Å²) in [5.41, 5.74) is 2.57. The van der Waals surface area contributed by atoms with E-state index in [1.165, 1.54) is 19.3 Å². The molecule has 0 fully saturated rings. The molecule has 4 nitrogen and oxygen atoms in total. The average molecular weight is 375 g/mol. The van der Waals surface area contributed by atoms with E-state index in [0.717, 1.165) is 22.9 Å². The third-order valence-electron chi connectivity index (χ3n) is 3.46. The summed E-state index contributed by atoms with van der Waals surface area (Å²) in [6, 6.07) is 11.3. The van der Waals surface area contributed by atoms with Crippen LogP contribution in [0.1, 0.15) is 0 Å². The molecule has 0 spiro atoms. The molecular formula is C20H20F3N3O. The lowest BCUT2D eigenvalue weighted by Gasteiger charge is -2.18. The summed E-state index contributed by atoms with van der Waals surface area (Å²) in [4.78, 5) is 10.0. The number of hydrogen-bond acceptors (Lipinski definition) is 4. The van der Waals surface area contributed by atoms with Gasteiger partial charge in [-0.05, 0) is 24.3 Å². The molecule has 0 aliphatic carbocycles. The maximum atomic E-state index is 12.3. The summed E-state index contributed by atoms with van der Waals surface area (Å²) in [6.45, 7) is 0. The first kappa shape index (κ1) is 20.2. The van der Waals surface area contributed by atoms with Crippen molar-refractivity contribution in [1.82, 2.24) is 4.98 Å². The van der Waals surface area contributed by atoms with Gasteiger partial charge in [0.2, 0.25) is 5.88 Å². The lowest BCUT2D eigenvalue weighted by Crippen LogP contribution is -2.10. The monoisotopic (exact) mass is 375 g/mol. The molecule has 0 aliphatic rings. The Bertz CT molecular complexity index is 856. The van der Waals surface area contributed by atoms with E-state index >= 15 is 0 Å². The highest BCUT2D eigenvalue weighted by Crippen LogP contribution is 2.35. The van der Waals surface area contributed by atoms with Gasteiger partial charge in [-0.1, -0.05) is 24.3 Å². The maximum absolute atomic E-state index is 12.3. The highest BCUT2D eigenvalue weighted by atomic mass is 19.4. The van der Waals surface area contributed by atoms with Gasteiger partial charge < -0.3 is 9.64 Å². The van der Waals surface area contributed by atoms with E-state index in [9.17, 15) is 13.2 Å². The van der Waals surface area contributed by atoms with Crippen LogP contribution in [0.5, 0.6) is 5.88 Å². The van der Waals surface area contributed by atoms with Gasteiger partial charge in [0.1, 0.15) is 5.76 Å². The molecule has 0 unspecified atom stereocenters. The second kappa shape index (κ2) is 9.02. The number of nitrogens with zero attached hydrogens (tertiary/aromatic N) is 3. The number of aromatic nitrogens is 1. The summed E-state index contributed by atoms with van der Waals surface area (Å²) in [5, 5.41) is 0. The zero-order chi connectivity index (χ0) is 19.9. The Kier molecular flexibility index (Phi) is 6.76. The number of para-hydroxylation sites is 1. The van der Waals surface area contributed by atoms with Crippen LogP contribution in [0.3, 0.4) is 0 Å². The van der Waals surface area contributed by atoms with Crippen LogP contribution in [0.15, 0.2) is 71.6 Å². The summed E-state index contributed by atoms with van der Waals surface area (Å²) in [6.07, 6.45) is 0.677. The molecule has 0 amide bonds. The molecule has 2 aromatic rings. The number of ether oxygens (including phenoxy) is 1. The third-order valence-corrected chi connectivity index (χ3v) is 3.46. The lowest BCUT2D eigenvalue weighted by molar-refractivity contribution is -0.0798. The molecule has 142 valence electrons. The van der Waals surface area contributed by atoms with E-state index in [4.69, 9.17) is 4.74 Å². The van der Waals surface area contributed by atoms with Crippen molar-refractivity contribution in [1.29, 1.82) is 0 Å². The minimum Gasteiger partial charge on any atom is -0.437 e. The molecule has 0 atom stereocenters. The molecule has 2 rings (SSSR count). The van der Waals surface area contributed by atoms with Gasteiger partial charge in [0.05, 0.1) is 6.21 Å². The number of benzene rings is 1. The quantitative estimate of drug-likeness (QED) is 0.410. The molecule has 0 saturated heterocycles. The Hall–Kier alpha value is -3.09. The summed E-state index contributed by atoms with van der Waals surface area (Å²) in [7, 11) is 5.35. The molecule has 0 aliphatic heterocycles. The van der Waals surface area contributed by atoms with Crippen LogP contribution in [-0.2, 0) is 0 Å². The summed E-state index contributed by atoms with van der Waals surface area (Å²) in [5.74, 6) is 0.415. The van der Waals surface area contributed by atoms with Crippen molar-refractivity contribution in [3.8, 4) is 17.0 Å². The van der Waals surface area contributed by atoms with Gasteiger partial charge in [-0.25, -0.2) is 4.98 Å². The van der Waals surface area contributed by atoms with Crippen molar-refractivity contribution in [3.05, 3.63) is 66.6 Å². The van der Waals surface area contributed by atoms with Crippen LogP contribution >= 0.6 is 0 Å². The van der Waals surface area contributed by atoms with Gasteiger partial charge in [-0.15, -0.1) is 0 Å². The van der Waals surface area contributed by atoms with Crippen molar-refractivity contribution < 1.29 is 17.9 Å². The van der Waals surface area contributed by atoms with E-state index in [0.29, 0.717) is 0 Å². The molecule has 7 heteroatoms. The van der Waals surface area contributed by atoms with Crippen LogP contribution in [0, 0.1) is 0 Å². The number of anilines is 1. The zero-order valence-electron chi connectivity index (χ0n) is 15.2. The maximum Gasteiger partial charge on any atom is 0.409 e. The molecule has 27 heavy (non-hydrogen) atoms. The largest absolute Gasteiger partial charge is 0.437 e. The number of rotatable bonds is 6. The van der Waals surface area contributed by atoms with Crippen molar-refractivity contribution in [3.63, 3.8) is 0 Å². The topological polar surface area (TPSA) is 37.7 Å². The van der Waals surface area contributed by atoms with Crippen LogP contribution in [0.25, 0.3) is 11.1 Å². The molecule has 0 N–H and O–H groups in total. The van der Waals surface area contributed by atoms with E-state index < -0.39 is 6.18 Å². The minimum absolute atomic E-state index is 0.126. The van der Waals surface area contributed by atoms with Crippen LogP contribution in [0.4, 0.5) is 18.9 Å². The second-order valence-corrected chi connectivity index (χ2v) is 5.73. The number of allylic oxidation sites excluding steroid dienone is 4. The highest BCUT2D eigenvalue weighted by Gasteiger charge is 2.21. The molecule has 0 saturated carbocycles. The fraction of sp³-hybridized carbons (Fsp3) is 0.200. The predicted molar refractivity (Wildman–Crippen MR) is 102 cm³/mol. The number of pyridine rings is 1. The van der Waals surface area contributed by atoms with Crippen LogP contribution < -0.4 is 9.64 Å². The number of halogens is 3. The van der Waals surface area contributed by atoms with Gasteiger partial charge in [0.15, 0.2) is 0 Å². The average Bonchev–Trinajstić information content (AvgIpc) is 2.61. The van der Waals surface area contributed by atoms with E-state index in [-0.39, 0.29) is 17.7 Å². The fourth-order valence-electron chi connectivity index (χ4n) is 2.36. The van der Waals surface area contributed by atoms with Crippen molar-refractivity contribution >= 4 is 11.9 Å². The predicted octanol–water partition coefficient (Wildman–Crippen LogP) is 4.90. The van der Waals surface area contributed by atoms with Gasteiger partial charge >= 0.3 is 6.18 Å². The Labute approximate surface area is 156 Å². The summed E-state index contributed by atoms with van der Waals surface area (Å²) >= 11 is 0. The first-order chi connectivity index (χ1) is 12.8. The Morgan fingerprint density at radius 3 is 2.48 bits per heavy atom. The van der Waals surface area contributed by atoms with E-state index in [1.54, 1.807) is 12.3 Å². The molecule has 1 aromatic carbocycles. The van der Waals surface area contributed by atoms with Gasteiger partial charge in [-0.2, -0.15) is 13.2 Å². The highest BCUT2D eigenvalue weighted by molar-refractivity contribution is 5.82. The lowest BCUT2D eigenvalue weighted by atomic mass is 10.0. The minimum atomic E-state index is -4.40. The number of alkyl halides is 3. The molecule has 0 bridgehead atoms. The van der Waals surface area contributed by atoms with Gasteiger partial charge in [0, 0.05) is 50.2 Å². The standard InChI is InChI=1S/C20H20F3N3O/c1-24-14-15(8-6-12-20(21,22)23)27-19-17(10-7-13-25-19)16-9-4-5-11-18(16)26(2)3/h4-14H,1-3H3/b12-6+,15-8+,24-14-. The van der Waals surface area contributed by atoms with E-state index in [2.05, 4.69) is 9.98 Å². The second-order valence-electron chi connectivity index (χ2n) is 5.73. The SMILES string of the molecule is C\N=C/C(=C\C=C\C(F)(F)F)Oc1ncccc1-c1ccccc1N(C)C. The fourth-order valence-corrected chi connectivity index (χ4v) is 2.36. The van der Waals surface area contributed by atoms with Crippen LogP contribution in [-0.4, -0.2) is 38.5 Å². The van der Waals surface area contributed by atoms with Crippen molar-refractivity contribution in [2.45, 2.75) is 6.18 Å².